The van der Waals surface area contributed by atoms with E-state index in [9.17, 15) is 4.39 Å². The Kier molecular flexibility index (Phi) is 2.96. The molecule has 5 heteroatoms. The molecule has 0 atom stereocenters. The molecular weight excluding hydrogens is 273 g/mol. The van der Waals surface area contributed by atoms with Gasteiger partial charge in [-0.25, -0.2) is 9.07 Å². The minimum Gasteiger partial charge on any atom is -0.386 e. The maximum Gasteiger partial charge on any atom is 0.152 e. The first-order chi connectivity index (χ1) is 7.63. The fourth-order valence-corrected chi connectivity index (χ4v) is 2.01. The Balaban J connectivity index is 2.69. The number of aromatic nitrogens is 2. The summed E-state index contributed by atoms with van der Waals surface area (Å²) in [7, 11) is 1.75. The van der Waals surface area contributed by atoms with Crippen LogP contribution in [0.15, 0.2) is 28.9 Å². The van der Waals surface area contributed by atoms with Gasteiger partial charge in [0, 0.05) is 23.4 Å². The van der Waals surface area contributed by atoms with E-state index in [2.05, 4.69) is 26.3 Å². The molecular formula is C11H11BrFN3. The molecule has 16 heavy (non-hydrogen) atoms. The third-order valence-electron chi connectivity index (χ3n) is 2.34. The first-order valence-electron chi connectivity index (χ1n) is 4.81. The lowest BCUT2D eigenvalue weighted by atomic mass is 10.2. The summed E-state index contributed by atoms with van der Waals surface area (Å²) in [6.07, 6.45) is 1.65. The van der Waals surface area contributed by atoms with Crippen LogP contribution in [-0.4, -0.2) is 16.8 Å². The normalized spacial score (nSPS) is 10.5. The molecule has 1 aromatic heterocycles. The second kappa shape index (κ2) is 4.25. The minimum atomic E-state index is -0.314. The van der Waals surface area contributed by atoms with Crippen LogP contribution in [0.3, 0.4) is 0 Å². The summed E-state index contributed by atoms with van der Waals surface area (Å²) in [4.78, 5) is 0. The van der Waals surface area contributed by atoms with E-state index >= 15 is 0 Å². The van der Waals surface area contributed by atoms with Gasteiger partial charge in [-0.1, -0.05) is 15.9 Å². The zero-order chi connectivity index (χ0) is 11.7. The molecule has 0 aliphatic rings. The maximum atomic E-state index is 13.9. The van der Waals surface area contributed by atoms with E-state index in [1.807, 2.05) is 19.1 Å². The fourth-order valence-electron chi connectivity index (χ4n) is 1.58. The second-order valence-electron chi connectivity index (χ2n) is 3.42. The predicted octanol–water partition coefficient (Wildman–Crippen LogP) is 3.12. The SMILES string of the molecule is CNc1cc(Br)cc(F)c1-n1nccc1C. The molecule has 0 aliphatic heterocycles. The van der Waals surface area contributed by atoms with Gasteiger partial charge in [-0.05, 0) is 25.1 Å². The van der Waals surface area contributed by atoms with Crippen molar-refractivity contribution in [1.29, 1.82) is 0 Å². The highest BCUT2D eigenvalue weighted by molar-refractivity contribution is 9.10. The number of aryl methyl sites for hydroxylation is 1. The molecule has 0 saturated carbocycles. The molecule has 2 rings (SSSR count). The average molecular weight is 284 g/mol. The van der Waals surface area contributed by atoms with Gasteiger partial charge in [0.15, 0.2) is 5.82 Å². The van der Waals surface area contributed by atoms with Crippen molar-refractivity contribution in [2.45, 2.75) is 6.92 Å². The van der Waals surface area contributed by atoms with Crippen LogP contribution in [-0.2, 0) is 0 Å². The van der Waals surface area contributed by atoms with Crippen molar-refractivity contribution in [2.75, 3.05) is 12.4 Å². The monoisotopic (exact) mass is 283 g/mol. The molecule has 0 unspecified atom stereocenters. The maximum absolute atomic E-state index is 13.9. The van der Waals surface area contributed by atoms with Crippen LogP contribution >= 0.6 is 15.9 Å². The molecule has 0 saturated heterocycles. The molecule has 0 fully saturated rings. The molecule has 1 N–H and O–H groups in total. The van der Waals surface area contributed by atoms with Crippen molar-refractivity contribution < 1.29 is 4.39 Å². The van der Waals surface area contributed by atoms with E-state index in [-0.39, 0.29) is 5.82 Å². The lowest BCUT2D eigenvalue weighted by molar-refractivity contribution is 0.608. The van der Waals surface area contributed by atoms with E-state index in [1.54, 1.807) is 17.9 Å². The molecule has 0 bridgehead atoms. The van der Waals surface area contributed by atoms with Crippen LogP contribution in [0.4, 0.5) is 10.1 Å². The summed E-state index contributed by atoms with van der Waals surface area (Å²) in [5.41, 5.74) is 2.02. The third kappa shape index (κ3) is 1.82. The molecule has 1 aromatic carbocycles. The summed E-state index contributed by atoms with van der Waals surface area (Å²) in [6, 6.07) is 5.08. The number of benzene rings is 1. The van der Waals surface area contributed by atoms with Crippen LogP contribution in [0.2, 0.25) is 0 Å². The van der Waals surface area contributed by atoms with Gasteiger partial charge in [0.2, 0.25) is 0 Å². The highest BCUT2D eigenvalue weighted by atomic mass is 79.9. The van der Waals surface area contributed by atoms with Gasteiger partial charge in [0.05, 0.1) is 5.69 Å². The Hall–Kier alpha value is -1.36. The van der Waals surface area contributed by atoms with E-state index < -0.39 is 0 Å². The van der Waals surface area contributed by atoms with Crippen LogP contribution in [0.25, 0.3) is 5.69 Å². The highest BCUT2D eigenvalue weighted by Crippen LogP contribution is 2.28. The zero-order valence-electron chi connectivity index (χ0n) is 8.96. The van der Waals surface area contributed by atoms with Gasteiger partial charge in [-0.3, -0.25) is 0 Å². The third-order valence-corrected chi connectivity index (χ3v) is 2.80. The highest BCUT2D eigenvalue weighted by Gasteiger charge is 2.13. The van der Waals surface area contributed by atoms with Crippen molar-refractivity contribution in [3.63, 3.8) is 0 Å². The number of nitrogens with one attached hydrogen (secondary N) is 1. The summed E-state index contributed by atoms with van der Waals surface area (Å²) in [5, 5.41) is 7.07. The van der Waals surface area contributed by atoms with Crippen molar-refractivity contribution in [1.82, 2.24) is 9.78 Å². The van der Waals surface area contributed by atoms with Crippen molar-refractivity contribution in [3.05, 3.63) is 40.4 Å². The smallest absolute Gasteiger partial charge is 0.152 e. The minimum absolute atomic E-state index is 0.314. The van der Waals surface area contributed by atoms with E-state index in [0.29, 0.717) is 15.8 Å². The number of halogens is 2. The lowest BCUT2D eigenvalue weighted by Crippen LogP contribution is -2.06. The largest absolute Gasteiger partial charge is 0.386 e. The number of nitrogens with zero attached hydrogens (tertiary/aromatic N) is 2. The van der Waals surface area contributed by atoms with Gasteiger partial charge in [-0.15, -0.1) is 0 Å². The van der Waals surface area contributed by atoms with Crippen molar-refractivity contribution in [3.8, 4) is 5.69 Å². The number of hydrogen-bond acceptors (Lipinski definition) is 2. The molecule has 2 aromatic rings. The first kappa shape index (κ1) is 11.1. The quantitative estimate of drug-likeness (QED) is 0.918. The lowest BCUT2D eigenvalue weighted by Gasteiger charge is -2.12. The Morgan fingerprint density at radius 2 is 2.19 bits per heavy atom. The summed E-state index contributed by atoms with van der Waals surface area (Å²) in [5.74, 6) is -0.314. The van der Waals surface area contributed by atoms with E-state index in [4.69, 9.17) is 0 Å². The van der Waals surface area contributed by atoms with E-state index in [0.717, 1.165) is 5.69 Å². The Bertz CT molecular complexity index is 522. The van der Waals surface area contributed by atoms with E-state index in [1.165, 1.54) is 6.07 Å². The fraction of sp³-hybridized carbons (Fsp3) is 0.182. The Morgan fingerprint density at radius 3 is 2.75 bits per heavy atom. The summed E-state index contributed by atoms with van der Waals surface area (Å²) >= 11 is 3.26. The zero-order valence-corrected chi connectivity index (χ0v) is 10.5. The molecule has 0 spiro atoms. The van der Waals surface area contributed by atoms with Crippen LogP contribution in [0.5, 0.6) is 0 Å². The van der Waals surface area contributed by atoms with Crippen LogP contribution < -0.4 is 5.32 Å². The predicted molar refractivity (Wildman–Crippen MR) is 65.5 cm³/mol. The summed E-state index contributed by atoms with van der Waals surface area (Å²) < 4.78 is 16.2. The first-order valence-corrected chi connectivity index (χ1v) is 5.60. The van der Waals surface area contributed by atoms with Gasteiger partial charge >= 0.3 is 0 Å². The molecule has 1 heterocycles. The second-order valence-corrected chi connectivity index (χ2v) is 4.33. The Labute approximate surface area is 101 Å². The molecule has 0 radical (unpaired) electrons. The summed E-state index contributed by atoms with van der Waals surface area (Å²) in [6.45, 7) is 1.88. The van der Waals surface area contributed by atoms with Gasteiger partial charge in [-0.2, -0.15) is 5.10 Å². The van der Waals surface area contributed by atoms with Gasteiger partial charge in [0.25, 0.3) is 0 Å². The molecule has 0 amide bonds. The Morgan fingerprint density at radius 1 is 1.44 bits per heavy atom. The van der Waals surface area contributed by atoms with Crippen LogP contribution in [0.1, 0.15) is 5.69 Å². The van der Waals surface area contributed by atoms with Crippen molar-refractivity contribution >= 4 is 21.6 Å². The molecule has 84 valence electrons. The van der Waals surface area contributed by atoms with Crippen molar-refractivity contribution in [2.24, 2.45) is 0 Å². The average Bonchev–Trinajstić information content (AvgIpc) is 2.63. The van der Waals surface area contributed by atoms with Crippen LogP contribution in [0, 0.1) is 12.7 Å². The van der Waals surface area contributed by atoms with Gasteiger partial charge in [0.1, 0.15) is 5.69 Å². The van der Waals surface area contributed by atoms with Gasteiger partial charge < -0.3 is 5.32 Å². The molecule has 3 nitrogen and oxygen atoms in total. The standard InChI is InChI=1S/C11H11BrFN3/c1-7-3-4-15-16(7)11-9(13)5-8(12)6-10(11)14-2/h3-6,14H,1-2H3. The number of anilines is 1. The molecule has 0 aliphatic carbocycles. The number of hydrogen-bond donors (Lipinski definition) is 1. The number of rotatable bonds is 2. The topological polar surface area (TPSA) is 29.9 Å².